The van der Waals surface area contributed by atoms with Crippen molar-refractivity contribution < 1.29 is 18.3 Å². The number of carboxylic acid groups (broad SMARTS) is 1. The van der Waals surface area contributed by atoms with Crippen molar-refractivity contribution in [3.63, 3.8) is 0 Å². The van der Waals surface area contributed by atoms with E-state index in [0.29, 0.717) is 25.8 Å². The second kappa shape index (κ2) is 8.50. The standard InChI is InChI=1S/C12H26N2O4S/c1-9(2)8-13-19(17,18)14-11(4)7-5-6-10(3)12(15)16/h9-11,13-14H,5-8H2,1-4H3,(H,15,16). The molecule has 0 saturated carbocycles. The smallest absolute Gasteiger partial charge is 0.306 e. The lowest BCUT2D eigenvalue weighted by Crippen LogP contribution is -2.42. The van der Waals surface area contributed by atoms with Gasteiger partial charge >= 0.3 is 5.97 Å². The van der Waals surface area contributed by atoms with Crippen LogP contribution >= 0.6 is 0 Å². The van der Waals surface area contributed by atoms with Crippen LogP contribution < -0.4 is 9.44 Å². The summed E-state index contributed by atoms with van der Waals surface area (Å²) < 4.78 is 28.3. The number of hydrogen-bond acceptors (Lipinski definition) is 3. The summed E-state index contributed by atoms with van der Waals surface area (Å²) in [5.74, 6) is -0.946. The first-order valence-electron chi connectivity index (χ1n) is 6.63. The van der Waals surface area contributed by atoms with E-state index in [0.717, 1.165) is 0 Å². The molecule has 0 aliphatic carbocycles. The predicted octanol–water partition coefficient (Wildman–Crippen LogP) is 1.35. The predicted molar refractivity (Wildman–Crippen MR) is 75.0 cm³/mol. The molecule has 0 saturated heterocycles. The molecule has 0 aromatic carbocycles. The molecule has 2 atom stereocenters. The normalized spacial score (nSPS) is 15.4. The number of rotatable bonds is 10. The van der Waals surface area contributed by atoms with E-state index in [1.807, 2.05) is 13.8 Å². The summed E-state index contributed by atoms with van der Waals surface area (Å²) in [6.45, 7) is 7.69. The van der Waals surface area contributed by atoms with Gasteiger partial charge < -0.3 is 5.11 Å². The molecule has 0 amide bonds. The summed E-state index contributed by atoms with van der Waals surface area (Å²) in [6.07, 6.45) is 1.86. The molecule has 0 heterocycles. The van der Waals surface area contributed by atoms with E-state index in [1.54, 1.807) is 13.8 Å². The first-order chi connectivity index (χ1) is 8.64. The molecule has 7 heteroatoms. The van der Waals surface area contributed by atoms with Crippen molar-refractivity contribution in [1.29, 1.82) is 0 Å². The van der Waals surface area contributed by atoms with Crippen molar-refractivity contribution in [1.82, 2.24) is 9.44 Å². The van der Waals surface area contributed by atoms with Crippen LogP contribution in [0.2, 0.25) is 0 Å². The molecule has 0 aromatic rings. The van der Waals surface area contributed by atoms with Gasteiger partial charge in [0, 0.05) is 12.6 Å². The summed E-state index contributed by atoms with van der Waals surface area (Å²) in [5, 5.41) is 8.73. The van der Waals surface area contributed by atoms with E-state index >= 15 is 0 Å². The van der Waals surface area contributed by atoms with Gasteiger partial charge in [-0.25, -0.2) is 4.72 Å². The Balaban J connectivity index is 3.96. The van der Waals surface area contributed by atoms with Crippen molar-refractivity contribution in [2.75, 3.05) is 6.54 Å². The van der Waals surface area contributed by atoms with Crippen LogP contribution in [0, 0.1) is 11.8 Å². The minimum atomic E-state index is -3.46. The summed E-state index contributed by atoms with van der Waals surface area (Å²) in [4.78, 5) is 10.6. The monoisotopic (exact) mass is 294 g/mol. The number of aliphatic carboxylic acids is 1. The van der Waals surface area contributed by atoms with Crippen LogP contribution in [0.5, 0.6) is 0 Å². The maximum absolute atomic E-state index is 11.6. The Morgan fingerprint density at radius 2 is 1.74 bits per heavy atom. The van der Waals surface area contributed by atoms with Gasteiger partial charge in [-0.1, -0.05) is 27.2 Å². The van der Waals surface area contributed by atoms with Gasteiger partial charge in [0.15, 0.2) is 0 Å². The largest absolute Gasteiger partial charge is 0.481 e. The van der Waals surface area contributed by atoms with Gasteiger partial charge in [-0.2, -0.15) is 13.1 Å². The van der Waals surface area contributed by atoms with Gasteiger partial charge in [0.1, 0.15) is 0 Å². The highest BCUT2D eigenvalue weighted by Crippen LogP contribution is 2.09. The summed E-state index contributed by atoms with van der Waals surface area (Å²) in [7, 11) is -3.46. The molecule has 0 aliphatic heterocycles. The molecule has 0 bridgehead atoms. The zero-order valence-electron chi connectivity index (χ0n) is 12.1. The van der Waals surface area contributed by atoms with Crippen molar-refractivity contribution >= 4 is 16.2 Å². The molecule has 6 nitrogen and oxygen atoms in total. The molecule has 0 aliphatic rings. The Morgan fingerprint density at radius 3 is 2.21 bits per heavy atom. The molecule has 0 aromatic heterocycles. The SMILES string of the molecule is CC(C)CNS(=O)(=O)NC(C)CCCC(C)C(=O)O. The quantitative estimate of drug-likeness (QED) is 0.566. The Bertz CT molecular complexity index is 368. The van der Waals surface area contributed by atoms with Crippen LogP contribution in [-0.4, -0.2) is 32.1 Å². The fourth-order valence-corrected chi connectivity index (χ4v) is 2.78. The van der Waals surface area contributed by atoms with Crippen molar-refractivity contribution in [3.8, 4) is 0 Å². The van der Waals surface area contributed by atoms with Gasteiger partial charge in [0.2, 0.25) is 0 Å². The van der Waals surface area contributed by atoms with E-state index < -0.39 is 16.2 Å². The van der Waals surface area contributed by atoms with Gasteiger partial charge in [-0.05, 0) is 25.7 Å². The number of carbonyl (C=O) groups is 1. The molecule has 0 spiro atoms. The van der Waals surface area contributed by atoms with E-state index in [9.17, 15) is 13.2 Å². The highest BCUT2D eigenvalue weighted by molar-refractivity contribution is 7.87. The van der Waals surface area contributed by atoms with E-state index in [2.05, 4.69) is 9.44 Å². The maximum atomic E-state index is 11.6. The van der Waals surface area contributed by atoms with Crippen molar-refractivity contribution in [2.45, 2.75) is 53.0 Å². The topological polar surface area (TPSA) is 95.5 Å². The van der Waals surface area contributed by atoms with Gasteiger partial charge in [0.25, 0.3) is 10.2 Å². The van der Waals surface area contributed by atoms with Gasteiger partial charge in [-0.15, -0.1) is 0 Å². The molecule has 0 rings (SSSR count). The second-order valence-corrected chi connectivity index (χ2v) is 6.97. The fourth-order valence-electron chi connectivity index (χ4n) is 1.50. The molecule has 19 heavy (non-hydrogen) atoms. The third-order valence-electron chi connectivity index (χ3n) is 2.73. The number of carboxylic acids is 1. The highest BCUT2D eigenvalue weighted by atomic mass is 32.2. The first kappa shape index (κ1) is 18.3. The van der Waals surface area contributed by atoms with Crippen LogP contribution in [0.25, 0.3) is 0 Å². The molecule has 0 fully saturated rings. The van der Waals surface area contributed by atoms with Gasteiger partial charge in [0.05, 0.1) is 5.92 Å². The molecule has 2 unspecified atom stereocenters. The average molecular weight is 294 g/mol. The Kier molecular flexibility index (Phi) is 8.20. The van der Waals surface area contributed by atoms with Crippen LogP contribution in [-0.2, 0) is 15.0 Å². The van der Waals surface area contributed by atoms with Crippen molar-refractivity contribution in [3.05, 3.63) is 0 Å². The molecule has 114 valence electrons. The zero-order valence-corrected chi connectivity index (χ0v) is 13.0. The third-order valence-corrected chi connectivity index (χ3v) is 3.99. The van der Waals surface area contributed by atoms with Crippen LogP contribution in [0.3, 0.4) is 0 Å². The lowest BCUT2D eigenvalue weighted by Gasteiger charge is -2.16. The minimum absolute atomic E-state index is 0.203. The lowest BCUT2D eigenvalue weighted by molar-refractivity contribution is -0.141. The molecule has 0 radical (unpaired) electrons. The van der Waals surface area contributed by atoms with E-state index in [1.165, 1.54) is 0 Å². The minimum Gasteiger partial charge on any atom is -0.481 e. The van der Waals surface area contributed by atoms with Crippen LogP contribution in [0.15, 0.2) is 0 Å². The molecular formula is C12H26N2O4S. The number of nitrogens with one attached hydrogen (secondary N) is 2. The third kappa shape index (κ3) is 9.86. The number of hydrogen-bond donors (Lipinski definition) is 3. The van der Waals surface area contributed by atoms with E-state index in [4.69, 9.17) is 5.11 Å². The Labute approximate surface area is 116 Å². The Hall–Kier alpha value is -0.660. The highest BCUT2D eigenvalue weighted by Gasteiger charge is 2.15. The average Bonchev–Trinajstić information content (AvgIpc) is 2.25. The second-order valence-electron chi connectivity index (χ2n) is 5.43. The van der Waals surface area contributed by atoms with Crippen LogP contribution in [0.1, 0.15) is 47.0 Å². The maximum Gasteiger partial charge on any atom is 0.306 e. The fraction of sp³-hybridized carbons (Fsp3) is 0.917. The van der Waals surface area contributed by atoms with E-state index in [-0.39, 0.29) is 17.9 Å². The van der Waals surface area contributed by atoms with Crippen molar-refractivity contribution in [2.24, 2.45) is 11.8 Å². The zero-order chi connectivity index (χ0) is 15.1. The molecule has 3 N–H and O–H groups in total. The first-order valence-corrected chi connectivity index (χ1v) is 8.12. The van der Waals surface area contributed by atoms with Gasteiger partial charge in [-0.3, -0.25) is 4.79 Å². The lowest BCUT2D eigenvalue weighted by atomic mass is 10.0. The Morgan fingerprint density at radius 1 is 1.16 bits per heavy atom. The molecular weight excluding hydrogens is 268 g/mol. The summed E-state index contributed by atoms with van der Waals surface area (Å²) in [5.41, 5.74) is 0. The van der Waals surface area contributed by atoms with Crippen LogP contribution in [0.4, 0.5) is 0 Å². The summed E-state index contributed by atoms with van der Waals surface area (Å²) in [6, 6.07) is -0.203. The summed E-state index contributed by atoms with van der Waals surface area (Å²) >= 11 is 0.